The van der Waals surface area contributed by atoms with Crippen LogP contribution in [0.2, 0.25) is 5.02 Å². The summed E-state index contributed by atoms with van der Waals surface area (Å²) in [6.45, 7) is 4.89. The SMILES string of the molecule is CCn1c(SCc2ccc(Cl)cc2)nnc1[C@H](C)Oc1ccccc1. The lowest BCUT2D eigenvalue weighted by molar-refractivity contribution is 0.210. The van der Waals surface area contributed by atoms with Crippen LogP contribution in [-0.2, 0) is 12.3 Å². The summed E-state index contributed by atoms with van der Waals surface area (Å²) in [5.41, 5.74) is 1.20. The third kappa shape index (κ3) is 4.55. The van der Waals surface area contributed by atoms with Crippen molar-refractivity contribution in [3.63, 3.8) is 0 Å². The van der Waals surface area contributed by atoms with Crippen LogP contribution in [0.15, 0.2) is 59.8 Å². The summed E-state index contributed by atoms with van der Waals surface area (Å²) in [6, 6.07) is 17.6. The number of hydrogen-bond acceptors (Lipinski definition) is 4. The minimum atomic E-state index is -0.167. The zero-order chi connectivity index (χ0) is 17.6. The third-order valence-corrected chi connectivity index (χ3v) is 5.05. The minimum Gasteiger partial charge on any atom is -0.483 e. The Balaban J connectivity index is 1.70. The van der Waals surface area contributed by atoms with Crippen LogP contribution in [0.3, 0.4) is 0 Å². The number of halogens is 1. The van der Waals surface area contributed by atoms with E-state index in [1.54, 1.807) is 11.8 Å². The molecule has 2 aromatic carbocycles. The van der Waals surface area contributed by atoms with Crippen LogP contribution in [-0.4, -0.2) is 14.8 Å². The lowest BCUT2D eigenvalue weighted by Gasteiger charge is -2.15. The maximum Gasteiger partial charge on any atom is 0.191 e. The van der Waals surface area contributed by atoms with E-state index in [9.17, 15) is 0 Å². The molecule has 0 saturated carbocycles. The summed E-state index contributed by atoms with van der Waals surface area (Å²) in [4.78, 5) is 0. The number of hydrogen-bond donors (Lipinski definition) is 0. The molecule has 130 valence electrons. The quantitative estimate of drug-likeness (QED) is 0.521. The molecule has 0 spiro atoms. The molecule has 0 unspecified atom stereocenters. The molecule has 0 aliphatic carbocycles. The molecule has 0 saturated heterocycles. The van der Waals surface area contributed by atoms with Crippen LogP contribution in [0.25, 0.3) is 0 Å². The second kappa shape index (κ2) is 8.41. The topological polar surface area (TPSA) is 39.9 Å². The fraction of sp³-hybridized carbons (Fsp3) is 0.263. The van der Waals surface area contributed by atoms with E-state index in [0.29, 0.717) is 0 Å². The van der Waals surface area contributed by atoms with Gasteiger partial charge in [-0.2, -0.15) is 0 Å². The Bertz CT molecular complexity index is 805. The molecule has 0 N–H and O–H groups in total. The molecule has 0 amide bonds. The molecule has 1 atom stereocenters. The van der Waals surface area contributed by atoms with Gasteiger partial charge < -0.3 is 9.30 Å². The summed E-state index contributed by atoms with van der Waals surface area (Å²) in [5.74, 6) is 2.49. The van der Waals surface area contributed by atoms with Gasteiger partial charge in [-0.25, -0.2) is 0 Å². The molecule has 1 heterocycles. The van der Waals surface area contributed by atoms with Crippen LogP contribution in [0.5, 0.6) is 5.75 Å². The molecule has 0 aliphatic heterocycles. The summed E-state index contributed by atoms with van der Waals surface area (Å²) in [7, 11) is 0. The molecule has 4 nitrogen and oxygen atoms in total. The second-order valence-corrected chi connectivity index (χ2v) is 6.95. The maximum atomic E-state index is 5.98. The van der Waals surface area contributed by atoms with E-state index in [1.807, 2.05) is 61.5 Å². The molecule has 3 aromatic rings. The maximum absolute atomic E-state index is 5.98. The van der Waals surface area contributed by atoms with E-state index < -0.39 is 0 Å². The lowest BCUT2D eigenvalue weighted by Crippen LogP contribution is -2.11. The number of ether oxygens (including phenoxy) is 1. The van der Waals surface area contributed by atoms with Gasteiger partial charge in [0.05, 0.1) is 0 Å². The van der Waals surface area contributed by atoms with Crippen molar-refractivity contribution in [2.45, 2.75) is 37.4 Å². The monoisotopic (exact) mass is 373 g/mol. The number of nitrogens with zero attached hydrogens (tertiary/aromatic N) is 3. The Morgan fingerprint density at radius 3 is 2.48 bits per heavy atom. The molecular weight excluding hydrogens is 354 g/mol. The fourth-order valence-corrected chi connectivity index (χ4v) is 3.58. The number of benzene rings is 2. The van der Waals surface area contributed by atoms with Crippen LogP contribution >= 0.6 is 23.4 Å². The Kier molecular flexibility index (Phi) is 6.00. The van der Waals surface area contributed by atoms with Gasteiger partial charge in [-0.15, -0.1) is 10.2 Å². The molecule has 0 fully saturated rings. The molecular formula is C19H20ClN3OS. The molecule has 1 aromatic heterocycles. The number of thioether (sulfide) groups is 1. The van der Waals surface area contributed by atoms with E-state index in [1.165, 1.54) is 5.56 Å². The first kappa shape index (κ1) is 17.8. The molecule has 3 rings (SSSR count). The highest BCUT2D eigenvalue weighted by Crippen LogP contribution is 2.26. The van der Waals surface area contributed by atoms with Crippen molar-refractivity contribution in [1.29, 1.82) is 0 Å². The standard InChI is InChI=1S/C19H20ClN3OS/c1-3-23-18(14(2)24-17-7-5-4-6-8-17)21-22-19(23)25-13-15-9-11-16(20)12-10-15/h4-12,14H,3,13H2,1-2H3/t14-/m0/s1. The fourth-order valence-electron chi connectivity index (χ4n) is 2.49. The Morgan fingerprint density at radius 2 is 1.80 bits per heavy atom. The number of para-hydroxylation sites is 1. The van der Waals surface area contributed by atoms with Crippen molar-refractivity contribution >= 4 is 23.4 Å². The Labute approximate surface area is 157 Å². The highest BCUT2D eigenvalue weighted by atomic mass is 35.5. The van der Waals surface area contributed by atoms with Crippen molar-refractivity contribution in [3.8, 4) is 5.75 Å². The average molecular weight is 374 g/mol. The second-order valence-electron chi connectivity index (χ2n) is 5.57. The van der Waals surface area contributed by atoms with Crippen molar-refractivity contribution in [3.05, 3.63) is 71.0 Å². The highest BCUT2D eigenvalue weighted by Gasteiger charge is 2.18. The summed E-state index contributed by atoms with van der Waals surface area (Å²) >= 11 is 7.60. The molecule has 0 radical (unpaired) electrons. The normalized spacial score (nSPS) is 12.1. The van der Waals surface area contributed by atoms with E-state index in [4.69, 9.17) is 16.3 Å². The zero-order valence-corrected chi connectivity index (χ0v) is 15.8. The minimum absolute atomic E-state index is 0.167. The van der Waals surface area contributed by atoms with Gasteiger partial charge in [0.1, 0.15) is 5.75 Å². The van der Waals surface area contributed by atoms with Gasteiger partial charge in [0.2, 0.25) is 0 Å². The summed E-state index contributed by atoms with van der Waals surface area (Å²) in [5, 5.41) is 10.4. The van der Waals surface area contributed by atoms with E-state index in [0.717, 1.165) is 34.1 Å². The van der Waals surface area contributed by atoms with Gasteiger partial charge in [0.25, 0.3) is 0 Å². The van der Waals surface area contributed by atoms with E-state index in [2.05, 4.69) is 21.7 Å². The summed E-state index contributed by atoms with van der Waals surface area (Å²) < 4.78 is 8.09. The molecule has 0 bridgehead atoms. The van der Waals surface area contributed by atoms with Crippen LogP contribution in [0, 0.1) is 0 Å². The van der Waals surface area contributed by atoms with Gasteiger partial charge in [-0.1, -0.05) is 53.7 Å². The average Bonchev–Trinajstić information content (AvgIpc) is 3.05. The third-order valence-electron chi connectivity index (χ3n) is 3.76. The summed E-state index contributed by atoms with van der Waals surface area (Å²) in [6.07, 6.45) is -0.167. The van der Waals surface area contributed by atoms with Crippen molar-refractivity contribution in [2.75, 3.05) is 0 Å². The molecule has 25 heavy (non-hydrogen) atoms. The Morgan fingerprint density at radius 1 is 1.08 bits per heavy atom. The van der Waals surface area contributed by atoms with Crippen molar-refractivity contribution in [1.82, 2.24) is 14.8 Å². The first-order valence-corrected chi connectivity index (χ1v) is 9.55. The number of rotatable bonds is 7. The smallest absolute Gasteiger partial charge is 0.191 e. The molecule has 0 aliphatic rings. The first-order chi connectivity index (χ1) is 12.2. The van der Waals surface area contributed by atoms with Crippen LogP contribution < -0.4 is 4.74 Å². The van der Waals surface area contributed by atoms with Crippen LogP contribution in [0.1, 0.15) is 31.3 Å². The molecule has 6 heteroatoms. The first-order valence-electron chi connectivity index (χ1n) is 8.19. The van der Waals surface area contributed by atoms with E-state index >= 15 is 0 Å². The number of aromatic nitrogens is 3. The van der Waals surface area contributed by atoms with Crippen LogP contribution in [0.4, 0.5) is 0 Å². The largest absolute Gasteiger partial charge is 0.483 e. The lowest BCUT2D eigenvalue weighted by atomic mass is 10.2. The predicted molar refractivity (Wildman–Crippen MR) is 102 cm³/mol. The van der Waals surface area contributed by atoms with Crippen molar-refractivity contribution < 1.29 is 4.74 Å². The predicted octanol–water partition coefficient (Wildman–Crippen LogP) is 5.38. The zero-order valence-electron chi connectivity index (χ0n) is 14.2. The van der Waals surface area contributed by atoms with E-state index in [-0.39, 0.29) is 6.10 Å². The van der Waals surface area contributed by atoms with Crippen molar-refractivity contribution in [2.24, 2.45) is 0 Å². The van der Waals surface area contributed by atoms with Gasteiger partial charge in [-0.05, 0) is 43.7 Å². The van der Waals surface area contributed by atoms with Gasteiger partial charge >= 0.3 is 0 Å². The van der Waals surface area contributed by atoms with Gasteiger partial charge in [0, 0.05) is 17.3 Å². The highest BCUT2D eigenvalue weighted by molar-refractivity contribution is 7.98. The Hall–Kier alpha value is -1.98. The van der Waals surface area contributed by atoms with Gasteiger partial charge in [0.15, 0.2) is 17.1 Å². The van der Waals surface area contributed by atoms with Gasteiger partial charge in [-0.3, -0.25) is 0 Å².